The molecule has 1 fully saturated rings. The molecule has 1 aliphatic heterocycles. The van der Waals surface area contributed by atoms with E-state index in [1.54, 1.807) is 19.0 Å². The standard InChI is InChI=1S/C18H37N3O/c1-4-5-6-7-8-9-10-11-14-21-15-12-13-17(16-21)19-18(22)20(2)3/h17H,4-16H2,1-3H3,(H,19,22)/t17-/m1/s1. The fourth-order valence-electron chi connectivity index (χ4n) is 3.15. The van der Waals surface area contributed by atoms with Gasteiger partial charge >= 0.3 is 6.03 Å². The number of carbonyl (C=O) groups is 1. The van der Waals surface area contributed by atoms with Crippen molar-refractivity contribution in [2.75, 3.05) is 33.7 Å². The molecule has 0 aliphatic carbocycles. The van der Waals surface area contributed by atoms with Crippen LogP contribution in [0.2, 0.25) is 0 Å². The van der Waals surface area contributed by atoms with Crippen LogP contribution in [0.3, 0.4) is 0 Å². The molecule has 1 aliphatic rings. The summed E-state index contributed by atoms with van der Waals surface area (Å²) in [6.45, 7) is 5.69. The topological polar surface area (TPSA) is 35.6 Å². The first-order valence-electron chi connectivity index (χ1n) is 9.33. The predicted octanol–water partition coefficient (Wildman–Crippen LogP) is 3.86. The second-order valence-electron chi connectivity index (χ2n) is 6.96. The van der Waals surface area contributed by atoms with Crippen LogP contribution in [-0.2, 0) is 0 Å². The number of nitrogens with zero attached hydrogens (tertiary/aromatic N) is 2. The second-order valence-corrected chi connectivity index (χ2v) is 6.96. The highest BCUT2D eigenvalue weighted by molar-refractivity contribution is 5.73. The Morgan fingerprint density at radius 2 is 1.73 bits per heavy atom. The zero-order chi connectivity index (χ0) is 16.2. The molecule has 1 atom stereocenters. The quantitative estimate of drug-likeness (QED) is 0.622. The normalized spacial score (nSPS) is 19.1. The van der Waals surface area contributed by atoms with E-state index in [9.17, 15) is 4.79 Å². The van der Waals surface area contributed by atoms with Crippen molar-refractivity contribution in [3.8, 4) is 0 Å². The van der Waals surface area contributed by atoms with Crippen molar-refractivity contribution >= 4 is 6.03 Å². The van der Waals surface area contributed by atoms with Gasteiger partial charge in [-0.05, 0) is 32.4 Å². The third kappa shape index (κ3) is 8.62. The van der Waals surface area contributed by atoms with Gasteiger partial charge in [0.25, 0.3) is 0 Å². The first kappa shape index (κ1) is 19.3. The molecule has 1 N–H and O–H groups in total. The fraction of sp³-hybridized carbons (Fsp3) is 0.944. The smallest absolute Gasteiger partial charge is 0.317 e. The minimum Gasteiger partial charge on any atom is -0.334 e. The zero-order valence-corrected chi connectivity index (χ0v) is 15.1. The number of hydrogen-bond acceptors (Lipinski definition) is 2. The van der Waals surface area contributed by atoms with Crippen molar-refractivity contribution in [1.82, 2.24) is 15.1 Å². The molecule has 0 aromatic heterocycles. The fourth-order valence-corrected chi connectivity index (χ4v) is 3.15. The summed E-state index contributed by atoms with van der Waals surface area (Å²) in [6, 6.07) is 0.372. The monoisotopic (exact) mass is 311 g/mol. The van der Waals surface area contributed by atoms with Gasteiger partial charge in [-0.15, -0.1) is 0 Å². The van der Waals surface area contributed by atoms with Crippen molar-refractivity contribution in [1.29, 1.82) is 0 Å². The summed E-state index contributed by atoms with van der Waals surface area (Å²) < 4.78 is 0. The van der Waals surface area contributed by atoms with Crippen LogP contribution in [0.1, 0.15) is 71.1 Å². The number of carbonyl (C=O) groups excluding carboxylic acids is 1. The van der Waals surface area contributed by atoms with Crippen LogP contribution in [-0.4, -0.2) is 55.6 Å². The third-order valence-corrected chi connectivity index (χ3v) is 4.57. The van der Waals surface area contributed by atoms with Crippen LogP contribution < -0.4 is 5.32 Å². The number of unbranched alkanes of at least 4 members (excludes halogenated alkanes) is 7. The minimum absolute atomic E-state index is 0.0407. The van der Waals surface area contributed by atoms with E-state index in [0.29, 0.717) is 6.04 Å². The van der Waals surface area contributed by atoms with Gasteiger partial charge in [0.05, 0.1) is 0 Å². The van der Waals surface area contributed by atoms with Crippen molar-refractivity contribution in [2.45, 2.75) is 77.2 Å². The largest absolute Gasteiger partial charge is 0.334 e. The Morgan fingerprint density at radius 1 is 1.09 bits per heavy atom. The van der Waals surface area contributed by atoms with E-state index in [-0.39, 0.29) is 6.03 Å². The van der Waals surface area contributed by atoms with Gasteiger partial charge in [0, 0.05) is 26.7 Å². The number of likely N-dealkylation sites (tertiary alicyclic amines) is 1. The van der Waals surface area contributed by atoms with Gasteiger partial charge in [-0.3, -0.25) is 0 Å². The molecule has 2 amide bonds. The Kier molecular flexibility index (Phi) is 10.3. The number of hydrogen-bond donors (Lipinski definition) is 1. The lowest BCUT2D eigenvalue weighted by Crippen LogP contribution is -2.50. The van der Waals surface area contributed by atoms with Gasteiger partial charge in [0.1, 0.15) is 0 Å². The summed E-state index contributed by atoms with van der Waals surface area (Å²) in [5.74, 6) is 0. The summed E-state index contributed by atoms with van der Waals surface area (Å²) in [6.07, 6.45) is 13.3. The van der Waals surface area contributed by atoms with E-state index in [1.165, 1.54) is 70.9 Å². The average Bonchev–Trinajstić information content (AvgIpc) is 2.50. The van der Waals surface area contributed by atoms with Crippen molar-refractivity contribution in [3.05, 3.63) is 0 Å². The Labute approximate surface area is 137 Å². The van der Waals surface area contributed by atoms with Gasteiger partial charge in [0.2, 0.25) is 0 Å². The summed E-state index contributed by atoms with van der Waals surface area (Å²) in [4.78, 5) is 15.9. The van der Waals surface area contributed by atoms with E-state index >= 15 is 0 Å². The van der Waals surface area contributed by atoms with E-state index in [0.717, 1.165) is 13.0 Å². The molecule has 130 valence electrons. The van der Waals surface area contributed by atoms with Crippen LogP contribution in [0.4, 0.5) is 4.79 Å². The first-order valence-corrected chi connectivity index (χ1v) is 9.33. The molecule has 0 bridgehead atoms. The summed E-state index contributed by atoms with van der Waals surface area (Å²) >= 11 is 0. The van der Waals surface area contributed by atoms with E-state index in [4.69, 9.17) is 0 Å². The van der Waals surface area contributed by atoms with E-state index in [1.807, 2.05) is 0 Å². The maximum atomic E-state index is 11.7. The lowest BCUT2D eigenvalue weighted by molar-refractivity contribution is 0.174. The van der Waals surface area contributed by atoms with Crippen LogP contribution in [0.15, 0.2) is 0 Å². The summed E-state index contributed by atoms with van der Waals surface area (Å²) in [5.41, 5.74) is 0. The zero-order valence-electron chi connectivity index (χ0n) is 15.1. The van der Waals surface area contributed by atoms with E-state index in [2.05, 4.69) is 17.1 Å². The Balaban J connectivity index is 2.04. The molecular weight excluding hydrogens is 274 g/mol. The Morgan fingerprint density at radius 3 is 2.36 bits per heavy atom. The second kappa shape index (κ2) is 11.8. The van der Waals surface area contributed by atoms with Crippen molar-refractivity contribution in [3.63, 3.8) is 0 Å². The number of amides is 2. The molecule has 22 heavy (non-hydrogen) atoms. The van der Waals surface area contributed by atoms with Crippen molar-refractivity contribution < 1.29 is 4.79 Å². The highest BCUT2D eigenvalue weighted by atomic mass is 16.2. The molecule has 4 nitrogen and oxygen atoms in total. The van der Waals surface area contributed by atoms with Crippen molar-refractivity contribution in [2.24, 2.45) is 0 Å². The summed E-state index contributed by atoms with van der Waals surface area (Å²) in [5, 5.41) is 3.12. The molecule has 1 heterocycles. The molecule has 0 saturated carbocycles. The van der Waals surface area contributed by atoms with Gasteiger partial charge < -0.3 is 15.1 Å². The van der Waals surface area contributed by atoms with Crippen LogP contribution in [0.5, 0.6) is 0 Å². The van der Waals surface area contributed by atoms with Crippen LogP contribution in [0.25, 0.3) is 0 Å². The van der Waals surface area contributed by atoms with E-state index < -0.39 is 0 Å². The van der Waals surface area contributed by atoms with Crippen LogP contribution in [0, 0.1) is 0 Å². The minimum atomic E-state index is 0.0407. The van der Waals surface area contributed by atoms with Gasteiger partial charge in [-0.2, -0.15) is 0 Å². The van der Waals surface area contributed by atoms with Gasteiger partial charge in [0.15, 0.2) is 0 Å². The first-order chi connectivity index (χ1) is 10.6. The molecule has 0 unspecified atom stereocenters. The molecular formula is C18H37N3O. The molecule has 1 saturated heterocycles. The highest BCUT2D eigenvalue weighted by Crippen LogP contribution is 2.13. The average molecular weight is 312 g/mol. The maximum Gasteiger partial charge on any atom is 0.317 e. The lowest BCUT2D eigenvalue weighted by Gasteiger charge is -2.33. The molecule has 0 radical (unpaired) electrons. The SMILES string of the molecule is CCCCCCCCCCN1CCC[C@@H](NC(=O)N(C)C)C1. The molecule has 0 spiro atoms. The number of urea groups is 1. The van der Waals surface area contributed by atoms with Gasteiger partial charge in [-0.25, -0.2) is 4.79 Å². The molecule has 0 aromatic rings. The number of piperidine rings is 1. The number of nitrogens with one attached hydrogen (secondary N) is 1. The summed E-state index contributed by atoms with van der Waals surface area (Å²) in [7, 11) is 3.60. The van der Waals surface area contributed by atoms with Gasteiger partial charge in [-0.1, -0.05) is 51.9 Å². The maximum absolute atomic E-state index is 11.7. The van der Waals surface area contributed by atoms with Crippen LogP contribution >= 0.6 is 0 Å². The molecule has 4 heteroatoms. The Hall–Kier alpha value is -0.770. The number of rotatable bonds is 10. The predicted molar refractivity (Wildman–Crippen MR) is 94.3 cm³/mol. The molecule has 1 rings (SSSR count). The Bertz CT molecular complexity index is 294. The third-order valence-electron chi connectivity index (χ3n) is 4.57. The lowest BCUT2D eigenvalue weighted by atomic mass is 10.0. The highest BCUT2D eigenvalue weighted by Gasteiger charge is 2.21. The molecule has 0 aromatic carbocycles.